The molecule has 0 aliphatic rings. The summed E-state index contributed by atoms with van der Waals surface area (Å²) in [7, 11) is 0. The number of hydrogen-bond acceptors (Lipinski definition) is 3. The number of nitrogens with zero attached hydrogens (tertiary/aromatic N) is 3. The highest BCUT2D eigenvalue weighted by Crippen LogP contribution is 2.38. The van der Waals surface area contributed by atoms with Crippen LogP contribution in [0.25, 0.3) is 33.6 Å². The van der Waals surface area contributed by atoms with Crippen LogP contribution in [0.5, 0.6) is 0 Å². The summed E-state index contributed by atoms with van der Waals surface area (Å²) >= 11 is 0. The minimum atomic E-state index is 0.865. The van der Waals surface area contributed by atoms with Crippen molar-refractivity contribution < 1.29 is 0 Å². The molecule has 30 heavy (non-hydrogen) atoms. The monoisotopic (exact) mass is 393 g/mol. The molecule has 1 aromatic heterocycles. The lowest BCUT2D eigenvalue weighted by Gasteiger charge is -2.15. The van der Waals surface area contributed by atoms with Crippen LogP contribution in [0.2, 0.25) is 0 Å². The van der Waals surface area contributed by atoms with E-state index in [4.69, 9.17) is 0 Å². The minimum Gasteiger partial charge on any atom is -0.129 e. The van der Waals surface area contributed by atoms with Crippen LogP contribution in [-0.4, -0.2) is 15.4 Å². The van der Waals surface area contributed by atoms with Gasteiger partial charge in [-0.1, -0.05) is 42.5 Å². The fourth-order valence-corrected chi connectivity index (χ4v) is 3.68. The zero-order valence-corrected chi connectivity index (χ0v) is 18.5. The van der Waals surface area contributed by atoms with E-state index >= 15 is 0 Å². The second kappa shape index (κ2) is 7.83. The van der Waals surface area contributed by atoms with Crippen molar-refractivity contribution in [3.8, 4) is 33.6 Å². The highest BCUT2D eigenvalue weighted by molar-refractivity contribution is 5.91. The minimum absolute atomic E-state index is 0.865. The molecule has 0 aliphatic carbocycles. The first-order valence-electron chi connectivity index (χ1n) is 10.3. The smallest absolute Gasteiger partial charge is 0.105 e. The summed E-state index contributed by atoms with van der Waals surface area (Å²) in [5.74, 6) is 0. The Labute approximate surface area is 178 Å². The molecular formula is C27H27N3. The molecule has 4 aromatic rings. The molecule has 0 saturated carbocycles. The molecule has 0 spiro atoms. The van der Waals surface area contributed by atoms with E-state index in [9.17, 15) is 0 Å². The van der Waals surface area contributed by atoms with E-state index in [1.165, 1.54) is 33.4 Å². The molecule has 0 atom stereocenters. The van der Waals surface area contributed by atoms with Crippen molar-refractivity contribution in [2.45, 2.75) is 41.5 Å². The van der Waals surface area contributed by atoms with Gasteiger partial charge in [0, 0.05) is 16.7 Å². The Kier molecular flexibility index (Phi) is 5.21. The third-order valence-electron chi connectivity index (χ3n) is 6.12. The fraction of sp³-hybridized carbons (Fsp3) is 0.222. The summed E-state index contributed by atoms with van der Waals surface area (Å²) < 4.78 is 0. The van der Waals surface area contributed by atoms with Gasteiger partial charge in [-0.3, -0.25) is 0 Å². The van der Waals surface area contributed by atoms with Gasteiger partial charge in [0.2, 0.25) is 0 Å². The predicted molar refractivity (Wildman–Crippen MR) is 125 cm³/mol. The number of benzene rings is 3. The van der Waals surface area contributed by atoms with Gasteiger partial charge >= 0.3 is 0 Å². The van der Waals surface area contributed by atoms with Crippen molar-refractivity contribution in [3.63, 3.8) is 0 Å². The van der Waals surface area contributed by atoms with Gasteiger partial charge in [-0.15, -0.1) is 10.2 Å². The molecule has 0 bridgehead atoms. The van der Waals surface area contributed by atoms with Gasteiger partial charge in [0.15, 0.2) is 0 Å². The van der Waals surface area contributed by atoms with Gasteiger partial charge in [-0.05, 0) is 97.8 Å². The average Bonchev–Trinajstić information content (AvgIpc) is 2.73. The molecule has 0 amide bonds. The Hall–Kier alpha value is -3.33. The van der Waals surface area contributed by atoms with Gasteiger partial charge in [0.05, 0.1) is 0 Å². The van der Waals surface area contributed by atoms with Crippen LogP contribution in [0.4, 0.5) is 0 Å². The van der Waals surface area contributed by atoms with E-state index in [2.05, 4.69) is 112 Å². The normalized spacial score (nSPS) is 11.0. The van der Waals surface area contributed by atoms with E-state index in [0.717, 1.165) is 33.6 Å². The zero-order valence-electron chi connectivity index (χ0n) is 18.5. The van der Waals surface area contributed by atoms with Crippen molar-refractivity contribution in [2.75, 3.05) is 0 Å². The Balaban J connectivity index is 2.04. The molecule has 0 unspecified atom stereocenters. The van der Waals surface area contributed by atoms with Gasteiger partial charge in [-0.2, -0.15) is 0 Å². The number of aryl methyl sites for hydroxylation is 6. The maximum absolute atomic E-state index is 4.51. The number of aromatic nitrogens is 3. The molecule has 0 N–H and O–H groups in total. The third kappa shape index (κ3) is 3.63. The van der Waals surface area contributed by atoms with E-state index in [0.29, 0.717) is 0 Å². The molecule has 0 fully saturated rings. The maximum atomic E-state index is 4.51. The third-order valence-corrected chi connectivity index (χ3v) is 6.12. The molecule has 150 valence electrons. The molecular weight excluding hydrogens is 366 g/mol. The molecule has 3 nitrogen and oxygen atoms in total. The molecule has 4 rings (SSSR count). The zero-order chi connectivity index (χ0) is 21.4. The lowest BCUT2D eigenvalue weighted by atomic mass is 9.91. The molecule has 0 saturated heterocycles. The molecule has 3 aromatic carbocycles. The molecule has 0 radical (unpaired) electrons. The number of rotatable bonds is 3. The second-order valence-electron chi connectivity index (χ2n) is 8.26. The van der Waals surface area contributed by atoms with E-state index in [-0.39, 0.29) is 0 Å². The van der Waals surface area contributed by atoms with Crippen LogP contribution in [0.15, 0.2) is 54.6 Å². The summed E-state index contributed by atoms with van der Waals surface area (Å²) in [6.07, 6.45) is 0. The van der Waals surface area contributed by atoms with Crippen LogP contribution in [0.3, 0.4) is 0 Å². The van der Waals surface area contributed by atoms with Gasteiger partial charge < -0.3 is 0 Å². The van der Waals surface area contributed by atoms with E-state index in [1.807, 2.05) is 0 Å². The highest BCUT2D eigenvalue weighted by Gasteiger charge is 2.19. The topological polar surface area (TPSA) is 38.7 Å². The van der Waals surface area contributed by atoms with Crippen LogP contribution in [0, 0.1) is 41.5 Å². The summed E-state index contributed by atoms with van der Waals surface area (Å²) in [5, 5.41) is 13.2. The lowest BCUT2D eigenvalue weighted by Crippen LogP contribution is -2.01. The predicted octanol–water partition coefficient (Wildman–Crippen LogP) is 6.72. The first-order chi connectivity index (χ1) is 14.3. The second-order valence-corrected chi connectivity index (χ2v) is 8.26. The first kappa shape index (κ1) is 20.0. The van der Waals surface area contributed by atoms with E-state index < -0.39 is 0 Å². The van der Waals surface area contributed by atoms with E-state index in [1.54, 1.807) is 0 Å². The summed E-state index contributed by atoms with van der Waals surface area (Å²) in [6.45, 7) is 12.8. The largest absolute Gasteiger partial charge is 0.129 e. The SMILES string of the molecule is Cc1ccc(-c2nnnc(-c3ccc(C)c(C)c3)c2-c2ccc(C)c(C)c2)cc1C. The van der Waals surface area contributed by atoms with Gasteiger partial charge in [0.25, 0.3) is 0 Å². The van der Waals surface area contributed by atoms with Crippen LogP contribution >= 0.6 is 0 Å². The molecule has 0 aliphatic heterocycles. The lowest BCUT2D eigenvalue weighted by molar-refractivity contribution is 0.878. The Morgan fingerprint density at radius 2 is 0.800 bits per heavy atom. The van der Waals surface area contributed by atoms with Crippen LogP contribution in [0.1, 0.15) is 33.4 Å². The Bertz CT molecular complexity index is 1190. The van der Waals surface area contributed by atoms with Gasteiger partial charge in [0.1, 0.15) is 11.4 Å². The maximum Gasteiger partial charge on any atom is 0.105 e. The standard InChI is InChI=1S/C27H27N3/c1-16-7-10-22(13-19(16)4)25-26(23-11-8-17(2)20(5)14-23)28-30-29-27(25)24-12-9-18(3)21(6)15-24/h7-15H,1-6H3. The Morgan fingerprint density at radius 3 is 1.20 bits per heavy atom. The van der Waals surface area contributed by atoms with Crippen molar-refractivity contribution >= 4 is 0 Å². The van der Waals surface area contributed by atoms with Crippen LogP contribution < -0.4 is 0 Å². The Morgan fingerprint density at radius 1 is 0.433 bits per heavy atom. The number of hydrogen-bond donors (Lipinski definition) is 0. The van der Waals surface area contributed by atoms with Crippen molar-refractivity contribution in [2.24, 2.45) is 0 Å². The summed E-state index contributed by atoms with van der Waals surface area (Å²) in [4.78, 5) is 0. The first-order valence-corrected chi connectivity index (χ1v) is 10.3. The fourth-order valence-electron chi connectivity index (χ4n) is 3.68. The summed E-state index contributed by atoms with van der Waals surface area (Å²) in [5.41, 5.74) is 13.5. The van der Waals surface area contributed by atoms with Crippen molar-refractivity contribution in [1.29, 1.82) is 0 Å². The van der Waals surface area contributed by atoms with Crippen molar-refractivity contribution in [1.82, 2.24) is 15.4 Å². The average molecular weight is 394 g/mol. The molecule has 1 heterocycles. The quantitative estimate of drug-likeness (QED) is 0.388. The highest BCUT2D eigenvalue weighted by atomic mass is 15.3. The van der Waals surface area contributed by atoms with Crippen LogP contribution in [-0.2, 0) is 0 Å². The molecule has 3 heteroatoms. The van der Waals surface area contributed by atoms with Gasteiger partial charge in [-0.25, -0.2) is 0 Å². The van der Waals surface area contributed by atoms with Crippen molar-refractivity contribution in [3.05, 3.63) is 88.0 Å². The summed E-state index contributed by atoms with van der Waals surface area (Å²) in [6, 6.07) is 19.5.